The van der Waals surface area contributed by atoms with Crippen molar-refractivity contribution in [3.8, 4) is 6.07 Å². The van der Waals surface area contributed by atoms with Crippen LogP contribution in [0.3, 0.4) is 0 Å². The van der Waals surface area contributed by atoms with E-state index in [-0.39, 0.29) is 16.2 Å². The predicted molar refractivity (Wildman–Crippen MR) is 42.1 cm³/mol. The molecule has 1 rings (SSSR count). The van der Waals surface area contributed by atoms with Gasteiger partial charge in [0.2, 0.25) is 5.43 Å². The zero-order valence-electron chi connectivity index (χ0n) is 5.85. The molecule has 1 N–H and O–H groups in total. The molecule has 1 aromatic rings. The summed E-state index contributed by atoms with van der Waals surface area (Å²) in [6, 6.07) is 1.75. The van der Waals surface area contributed by atoms with Gasteiger partial charge in [-0.25, -0.2) is 0 Å². The summed E-state index contributed by atoms with van der Waals surface area (Å²) in [5, 5.41) is 9.12. The van der Waals surface area contributed by atoms with Crippen LogP contribution < -0.4 is 16.0 Å². The van der Waals surface area contributed by atoms with Crippen molar-refractivity contribution >= 4 is 13.2 Å². The Bertz CT molecular complexity index is 464. The van der Waals surface area contributed by atoms with Crippen LogP contribution in [0.15, 0.2) is 11.0 Å². The molecule has 54 valence electrons. The van der Waals surface area contributed by atoms with E-state index in [0.717, 1.165) is 0 Å². The summed E-state index contributed by atoms with van der Waals surface area (Å²) < 4.78 is 0. The van der Waals surface area contributed by atoms with Gasteiger partial charge in [0.1, 0.15) is 11.6 Å². The number of nitrogens with one attached hydrogen (secondary N) is 1. The number of H-pyrrole nitrogens is 1. The number of rotatable bonds is 0. The second-order valence-corrected chi connectivity index (χ2v) is 2.10. The van der Waals surface area contributed by atoms with Gasteiger partial charge in [-0.3, -0.25) is 4.79 Å². The number of hydrogen-bond donors (Lipinski definition) is 1. The van der Waals surface area contributed by atoms with Gasteiger partial charge in [-0.05, 0) is 0 Å². The number of aromatic nitrogens is 1. The molecule has 0 fully saturated rings. The van der Waals surface area contributed by atoms with Crippen LogP contribution >= 0.6 is 0 Å². The van der Waals surface area contributed by atoms with Crippen molar-refractivity contribution < 1.29 is 0 Å². The fourth-order valence-corrected chi connectivity index (χ4v) is 0.695. The summed E-state index contributed by atoms with van der Waals surface area (Å²) >= 11 is 0. The lowest BCUT2D eigenvalue weighted by Gasteiger charge is -1.87. The number of aromatic amines is 1. The maximum atomic E-state index is 11.1. The molecule has 0 saturated heterocycles. The number of pyridine rings is 1. The summed E-state index contributed by atoms with van der Waals surface area (Å²) in [6.07, 6.45) is 1.33. The number of nitrogens with zero attached hydrogens (tertiary/aromatic N) is 1. The van der Waals surface area contributed by atoms with Gasteiger partial charge in [0.05, 0.1) is 0 Å². The van der Waals surface area contributed by atoms with E-state index in [2.05, 4.69) is 18.1 Å². The topological polar surface area (TPSA) is 56.6 Å². The molecule has 0 radical (unpaired) electrons. The second kappa shape index (κ2) is 2.43. The first-order valence-electron chi connectivity index (χ1n) is 2.96. The molecule has 1 aromatic heterocycles. The van der Waals surface area contributed by atoms with Crippen LogP contribution in [0.25, 0.3) is 13.2 Å². The van der Waals surface area contributed by atoms with Crippen LogP contribution in [-0.4, -0.2) is 4.98 Å². The first kappa shape index (κ1) is 7.29. The zero-order valence-corrected chi connectivity index (χ0v) is 5.85. The third kappa shape index (κ3) is 1.06. The van der Waals surface area contributed by atoms with Crippen molar-refractivity contribution in [3.05, 3.63) is 32.6 Å². The van der Waals surface area contributed by atoms with Crippen molar-refractivity contribution in [3.63, 3.8) is 0 Å². The standard InChI is InChI=1S/C8H6N2O/c1-5-6(2)10-4-7(3-9)8(5)11/h4,10H,1-2H2. The molecule has 3 heteroatoms. The summed E-state index contributed by atoms with van der Waals surface area (Å²) in [7, 11) is 0. The molecule has 1 heterocycles. The van der Waals surface area contributed by atoms with Gasteiger partial charge in [0.15, 0.2) is 0 Å². The Morgan fingerprint density at radius 3 is 2.73 bits per heavy atom. The van der Waals surface area contributed by atoms with Gasteiger partial charge in [0, 0.05) is 16.8 Å². The van der Waals surface area contributed by atoms with E-state index in [0.29, 0.717) is 5.35 Å². The minimum absolute atomic E-state index is 0.0717. The smallest absolute Gasteiger partial charge is 0.206 e. The second-order valence-electron chi connectivity index (χ2n) is 2.10. The Morgan fingerprint density at radius 2 is 2.18 bits per heavy atom. The average molecular weight is 146 g/mol. The molecule has 0 aliphatic rings. The third-order valence-corrected chi connectivity index (χ3v) is 1.39. The van der Waals surface area contributed by atoms with E-state index in [1.54, 1.807) is 6.07 Å². The van der Waals surface area contributed by atoms with E-state index >= 15 is 0 Å². The van der Waals surface area contributed by atoms with Gasteiger partial charge in [-0.1, -0.05) is 13.2 Å². The molecular weight excluding hydrogens is 140 g/mol. The average Bonchev–Trinajstić information content (AvgIpc) is 2.01. The van der Waals surface area contributed by atoms with Crippen LogP contribution in [0, 0.1) is 11.3 Å². The van der Waals surface area contributed by atoms with Crippen LogP contribution in [0.5, 0.6) is 0 Å². The van der Waals surface area contributed by atoms with E-state index in [9.17, 15) is 4.79 Å². The van der Waals surface area contributed by atoms with Gasteiger partial charge < -0.3 is 4.98 Å². The lowest BCUT2D eigenvalue weighted by atomic mass is 10.2. The maximum Gasteiger partial charge on any atom is 0.206 e. The molecule has 0 aliphatic carbocycles. The van der Waals surface area contributed by atoms with Crippen molar-refractivity contribution in [2.24, 2.45) is 0 Å². The summed E-state index contributed by atoms with van der Waals surface area (Å²) in [6.45, 7) is 7.00. The van der Waals surface area contributed by atoms with Gasteiger partial charge in [0.25, 0.3) is 0 Å². The van der Waals surface area contributed by atoms with Crippen molar-refractivity contribution in [1.29, 1.82) is 5.26 Å². The van der Waals surface area contributed by atoms with E-state index < -0.39 is 0 Å². The zero-order chi connectivity index (χ0) is 8.43. The van der Waals surface area contributed by atoms with Crippen molar-refractivity contribution in [2.45, 2.75) is 0 Å². The Morgan fingerprint density at radius 1 is 1.55 bits per heavy atom. The van der Waals surface area contributed by atoms with Crippen molar-refractivity contribution in [1.82, 2.24) is 4.98 Å². The molecule has 0 saturated carbocycles. The Labute approximate surface area is 62.9 Å². The van der Waals surface area contributed by atoms with Gasteiger partial charge in [-0.15, -0.1) is 0 Å². The quantitative estimate of drug-likeness (QED) is 0.514. The summed E-state index contributed by atoms with van der Waals surface area (Å²) in [5.74, 6) is 0. The van der Waals surface area contributed by atoms with Crippen LogP contribution in [0.1, 0.15) is 5.56 Å². The van der Waals surface area contributed by atoms with Gasteiger partial charge in [-0.2, -0.15) is 5.26 Å². The minimum Gasteiger partial charge on any atom is -0.360 e. The first-order chi connectivity index (χ1) is 5.16. The van der Waals surface area contributed by atoms with Crippen molar-refractivity contribution in [2.75, 3.05) is 0 Å². The monoisotopic (exact) mass is 146 g/mol. The van der Waals surface area contributed by atoms with Crippen LogP contribution in [0.4, 0.5) is 0 Å². The first-order valence-corrected chi connectivity index (χ1v) is 2.96. The molecular formula is C8H6N2O. The third-order valence-electron chi connectivity index (χ3n) is 1.39. The molecule has 0 bridgehead atoms. The van der Waals surface area contributed by atoms with Crippen LogP contribution in [0.2, 0.25) is 0 Å². The SMILES string of the molecule is C=c1[nH]cc(C#N)c(=O)c1=C. The highest BCUT2D eigenvalue weighted by atomic mass is 16.1. The Hall–Kier alpha value is -1.82. The fourth-order valence-electron chi connectivity index (χ4n) is 0.695. The lowest BCUT2D eigenvalue weighted by Crippen LogP contribution is -2.40. The molecule has 0 aromatic carbocycles. The fraction of sp³-hybridized carbons (Fsp3) is 0. The summed E-state index contributed by atoms with van der Waals surface area (Å²) in [5.41, 5.74) is -0.279. The summed E-state index contributed by atoms with van der Waals surface area (Å²) in [4.78, 5) is 13.7. The highest BCUT2D eigenvalue weighted by Gasteiger charge is 1.96. The highest BCUT2D eigenvalue weighted by molar-refractivity contribution is 5.27. The van der Waals surface area contributed by atoms with E-state index in [1.165, 1.54) is 6.20 Å². The molecule has 0 amide bonds. The molecule has 0 unspecified atom stereocenters. The highest BCUT2D eigenvalue weighted by Crippen LogP contribution is 1.74. The predicted octanol–water partition coefficient (Wildman–Crippen LogP) is -0.933. The molecule has 0 aliphatic heterocycles. The number of nitriles is 1. The van der Waals surface area contributed by atoms with E-state index in [4.69, 9.17) is 5.26 Å². The minimum atomic E-state index is -0.351. The Balaban J connectivity index is 3.82. The molecule has 0 atom stereocenters. The largest absolute Gasteiger partial charge is 0.360 e. The van der Waals surface area contributed by atoms with Gasteiger partial charge >= 0.3 is 0 Å². The Kier molecular flexibility index (Phi) is 1.61. The maximum absolute atomic E-state index is 11.1. The van der Waals surface area contributed by atoms with Crippen LogP contribution in [-0.2, 0) is 0 Å². The molecule has 3 nitrogen and oxygen atoms in total. The molecule has 11 heavy (non-hydrogen) atoms. The lowest BCUT2D eigenvalue weighted by molar-refractivity contribution is 1.18. The number of hydrogen-bond acceptors (Lipinski definition) is 2. The normalized spacial score (nSPS) is 9.00. The van der Waals surface area contributed by atoms with E-state index in [1.807, 2.05) is 0 Å². The molecule has 0 spiro atoms.